The van der Waals surface area contributed by atoms with Gasteiger partial charge in [-0.05, 0) is 77.9 Å². The van der Waals surface area contributed by atoms with Gasteiger partial charge in [0.1, 0.15) is 22.3 Å². The van der Waals surface area contributed by atoms with Crippen molar-refractivity contribution in [2.45, 2.75) is 0 Å². The molecule has 0 fully saturated rings. The number of hydrogen-bond donors (Lipinski definition) is 0. The zero-order valence-corrected chi connectivity index (χ0v) is 30.6. The van der Waals surface area contributed by atoms with Gasteiger partial charge in [0.05, 0.1) is 0 Å². The third-order valence-corrected chi connectivity index (χ3v) is 10.5. The number of para-hydroxylation sites is 2. The molecule has 11 aromatic rings. The van der Waals surface area contributed by atoms with Gasteiger partial charge in [-0.3, -0.25) is 0 Å². The molecule has 0 saturated heterocycles. The molecule has 57 heavy (non-hydrogen) atoms. The Bertz CT molecular complexity index is 3250. The van der Waals surface area contributed by atoms with Gasteiger partial charge in [0.2, 0.25) is 0 Å². The van der Waals surface area contributed by atoms with E-state index in [1.165, 1.54) is 5.56 Å². The van der Waals surface area contributed by atoms with Crippen LogP contribution in [-0.4, -0.2) is 15.0 Å². The van der Waals surface area contributed by atoms with Gasteiger partial charge in [0.15, 0.2) is 17.5 Å². The Morgan fingerprint density at radius 2 is 0.912 bits per heavy atom. The van der Waals surface area contributed by atoms with Crippen LogP contribution in [0.25, 0.3) is 89.2 Å². The van der Waals surface area contributed by atoms with Crippen molar-refractivity contribution in [3.8, 4) is 45.3 Å². The van der Waals surface area contributed by atoms with Gasteiger partial charge >= 0.3 is 0 Å². The van der Waals surface area contributed by atoms with E-state index in [2.05, 4.69) is 114 Å². The van der Waals surface area contributed by atoms with E-state index in [9.17, 15) is 0 Å². The first-order valence-electron chi connectivity index (χ1n) is 18.9. The van der Waals surface area contributed by atoms with Gasteiger partial charge in [-0.25, -0.2) is 15.0 Å². The number of benzene rings is 8. The number of furan rings is 2. The second kappa shape index (κ2) is 13.5. The lowest BCUT2D eigenvalue weighted by Crippen LogP contribution is -2.09. The second-order valence-electron chi connectivity index (χ2n) is 14.0. The first-order chi connectivity index (χ1) is 28.2. The van der Waals surface area contributed by atoms with E-state index in [-0.39, 0.29) is 0 Å². The SMILES string of the molecule is c1ccc(-c2cccc(N(c3ccccc3)c3ccc4c(c3)oc3cccc(-c5nc(-c6ccccc6)nc(-c6ccc7oc8ccccc8c7c6)n5)c34)c2)cc1. The summed E-state index contributed by atoms with van der Waals surface area (Å²) < 4.78 is 12.8. The van der Waals surface area contributed by atoms with E-state index in [4.69, 9.17) is 23.8 Å². The number of aromatic nitrogens is 3. The molecule has 11 rings (SSSR count). The molecule has 3 heterocycles. The van der Waals surface area contributed by atoms with Crippen LogP contribution in [0.5, 0.6) is 0 Å². The zero-order chi connectivity index (χ0) is 37.7. The van der Waals surface area contributed by atoms with Crippen molar-refractivity contribution < 1.29 is 8.83 Å². The van der Waals surface area contributed by atoms with Gasteiger partial charge in [-0.1, -0.05) is 121 Å². The van der Waals surface area contributed by atoms with E-state index in [0.29, 0.717) is 17.5 Å². The molecule has 0 aliphatic rings. The van der Waals surface area contributed by atoms with Gasteiger partial charge in [0.25, 0.3) is 0 Å². The summed E-state index contributed by atoms with van der Waals surface area (Å²) in [7, 11) is 0. The molecule has 268 valence electrons. The highest BCUT2D eigenvalue weighted by Crippen LogP contribution is 2.42. The fourth-order valence-electron chi connectivity index (χ4n) is 7.83. The van der Waals surface area contributed by atoms with Crippen molar-refractivity contribution in [2.75, 3.05) is 4.90 Å². The number of hydrogen-bond acceptors (Lipinski definition) is 6. The Hall–Kier alpha value is -7.83. The summed E-state index contributed by atoms with van der Waals surface area (Å²) in [5.74, 6) is 1.74. The molecule has 0 unspecified atom stereocenters. The van der Waals surface area contributed by atoms with Gasteiger partial charge < -0.3 is 13.7 Å². The van der Waals surface area contributed by atoms with Gasteiger partial charge in [0, 0.05) is 61.4 Å². The lowest BCUT2D eigenvalue weighted by atomic mass is 10.0. The Labute approximate surface area is 328 Å². The fraction of sp³-hybridized carbons (Fsp3) is 0. The molecule has 0 saturated carbocycles. The first-order valence-corrected chi connectivity index (χ1v) is 18.9. The third kappa shape index (κ3) is 5.79. The summed E-state index contributed by atoms with van der Waals surface area (Å²) >= 11 is 0. The minimum absolute atomic E-state index is 0.567. The van der Waals surface area contributed by atoms with E-state index in [0.717, 1.165) is 83.2 Å². The van der Waals surface area contributed by atoms with Crippen molar-refractivity contribution in [3.63, 3.8) is 0 Å². The molecule has 0 amide bonds. The number of rotatable bonds is 7. The molecular formula is C51H32N4O2. The average molecular weight is 733 g/mol. The summed E-state index contributed by atoms with van der Waals surface area (Å²) in [4.78, 5) is 17.6. The molecule has 0 spiro atoms. The fourth-order valence-corrected chi connectivity index (χ4v) is 7.83. The Morgan fingerprint density at radius 1 is 0.316 bits per heavy atom. The van der Waals surface area contributed by atoms with E-state index >= 15 is 0 Å². The predicted molar refractivity (Wildman–Crippen MR) is 231 cm³/mol. The van der Waals surface area contributed by atoms with E-state index in [1.54, 1.807) is 0 Å². The van der Waals surface area contributed by atoms with Crippen molar-refractivity contribution in [3.05, 3.63) is 194 Å². The number of anilines is 3. The summed E-state index contributed by atoms with van der Waals surface area (Å²) in [6.07, 6.45) is 0. The topological polar surface area (TPSA) is 68.2 Å². The van der Waals surface area contributed by atoms with Crippen LogP contribution in [0.2, 0.25) is 0 Å². The number of fused-ring (bicyclic) bond motifs is 6. The minimum Gasteiger partial charge on any atom is -0.456 e. The first kappa shape index (κ1) is 32.6. The molecule has 0 aliphatic heterocycles. The molecule has 0 aliphatic carbocycles. The van der Waals surface area contributed by atoms with Crippen molar-refractivity contribution in [2.24, 2.45) is 0 Å². The maximum Gasteiger partial charge on any atom is 0.164 e. The van der Waals surface area contributed by atoms with Crippen molar-refractivity contribution in [1.82, 2.24) is 15.0 Å². The lowest BCUT2D eigenvalue weighted by molar-refractivity contribution is 0.668. The monoisotopic (exact) mass is 732 g/mol. The van der Waals surface area contributed by atoms with E-state index < -0.39 is 0 Å². The molecule has 0 radical (unpaired) electrons. The molecule has 0 N–H and O–H groups in total. The lowest BCUT2D eigenvalue weighted by Gasteiger charge is -2.26. The van der Waals surface area contributed by atoms with Crippen LogP contribution in [0, 0.1) is 0 Å². The quantitative estimate of drug-likeness (QED) is 0.162. The van der Waals surface area contributed by atoms with Gasteiger partial charge in [-0.2, -0.15) is 0 Å². The van der Waals surface area contributed by atoms with Crippen LogP contribution < -0.4 is 4.90 Å². The maximum absolute atomic E-state index is 6.67. The highest BCUT2D eigenvalue weighted by Gasteiger charge is 2.21. The smallest absolute Gasteiger partial charge is 0.164 e. The van der Waals surface area contributed by atoms with Crippen LogP contribution in [0.15, 0.2) is 203 Å². The van der Waals surface area contributed by atoms with Crippen molar-refractivity contribution in [1.29, 1.82) is 0 Å². The Morgan fingerprint density at radius 3 is 1.74 bits per heavy atom. The van der Waals surface area contributed by atoms with Crippen LogP contribution >= 0.6 is 0 Å². The standard InChI is InChI=1S/C51H32N4O2/c1-4-14-33(15-5-1)35-18-12-21-38(30-35)55(37-19-8-3-9-20-37)39-27-28-41-47(32-39)57-46-25-13-23-42(48(41)46)51-53-49(34-16-6-2-7-17-34)52-50(54-51)36-26-29-45-43(31-36)40-22-10-11-24-44(40)56-45/h1-32H. The van der Waals surface area contributed by atoms with Crippen LogP contribution in [0.1, 0.15) is 0 Å². The molecule has 8 aromatic carbocycles. The zero-order valence-electron chi connectivity index (χ0n) is 30.6. The summed E-state index contributed by atoms with van der Waals surface area (Å²) in [6.45, 7) is 0. The van der Waals surface area contributed by atoms with Crippen LogP contribution in [-0.2, 0) is 0 Å². The van der Waals surface area contributed by atoms with E-state index in [1.807, 2.05) is 84.9 Å². The maximum atomic E-state index is 6.67. The summed E-state index contributed by atoms with van der Waals surface area (Å²) in [6, 6.07) is 66.3. The summed E-state index contributed by atoms with van der Waals surface area (Å²) in [5.41, 5.74) is 11.2. The van der Waals surface area contributed by atoms with Crippen molar-refractivity contribution >= 4 is 60.9 Å². The molecule has 6 heteroatoms. The van der Waals surface area contributed by atoms with Gasteiger partial charge in [-0.15, -0.1) is 0 Å². The van der Waals surface area contributed by atoms with Crippen LogP contribution in [0.3, 0.4) is 0 Å². The average Bonchev–Trinajstić information content (AvgIpc) is 3.85. The largest absolute Gasteiger partial charge is 0.456 e. The molecule has 0 bridgehead atoms. The summed E-state index contributed by atoms with van der Waals surface area (Å²) in [5, 5.41) is 3.99. The predicted octanol–water partition coefficient (Wildman–Crippen LogP) is 13.8. The minimum atomic E-state index is 0.567. The molecule has 3 aromatic heterocycles. The normalized spacial score (nSPS) is 11.5. The molecule has 6 nitrogen and oxygen atoms in total. The molecule has 0 atom stereocenters. The van der Waals surface area contributed by atoms with Crippen LogP contribution in [0.4, 0.5) is 17.1 Å². The highest BCUT2D eigenvalue weighted by molar-refractivity contribution is 6.13. The Kier molecular flexibility index (Phi) is 7.71. The second-order valence-corrected chi connectivity index (χ2v) is 14.0. The Balaban J connectivity index is 1.07. The third-order valence-electron chi connectivity index (χ3n) is 10.5. The highest BCUT2D eigenvalue weighted by atomic mass is 16.3. The molecular weight excluding hydrogens is 701 g/mol. The number of nitrogens with zero attached hydrogens (tertiary/aromatic N) is 4.